The first-order chi connectivity index (χ1) is 51.1. The molecule has 0 aliphatic heterocycles. The number of aryl methyl sites for hydroxylation is 2. The van der Waals surface area contributed by atoms with E-state index in [0.717, 1.165) is 91.5 Å². The van der Waals surface area contributed by atoms with Gasteiger partial charge in [-0.2, -0.15) is 0 Å². The Morgan fingerprint density at radius 2 is 0.954 bits per heavy atom. The van der Waals surface area contributed by atoms with Crippen molar-refractivity contribution in [2.45, 2.75) is 118 Å². The molecular formula is C81H109I2N9O15S2. The molecule has 24 nitrogen and oxygen atoms in total. The number of ketones is 1. The highest BCUT2D eigenvalue weighted by Gasteiger charge is 2.23. The van der Waals surface area contributed by atoms with E-state index in [1.165, 1.54) is 5.57 Å². The van der Waals surface area contributed by atoms with Crippen molar-refractivity contribution in [3.05, 3.63) is 173 Å². The van der Waals surface area contributed by atoms with Gasteiger partial charge in [0.05, 0.1) is 42.8 Å². The second-order valence-corrected chi connectivity index (χ2v) is 32.5. The predicted molar refractivity (Wildman–Crippen MR) is 451 cm³/mol. The molecular weight excluding hydrogens is 1660 g/mol. The summed E-state index contributed by atoms with van der Waals surface area (Å²) in [6.45, 7) is 6.96. The van der Waals surface area contributed by atoms with Crippen molar-refractivity contribution in [3.8, 4) is 11.5 Å². The molecule has 0 saturated carbocycles. The first kappa shape index (κ1) is 93.1. The molecule has 0 spiro atoms. The van der Waals surface area contributed by atoms with Crippen LogP contribution in [-0.2, 0) is 58.2 Å². The number of esters is 1. The molecule has 5 amide bonds. The Hall–Kier alpha value is -8.30. The summed E-state index contributed by atoms with van der Waals surface area (Å²) in [7, 11) is 8.28. The number of Topliss-reactive ketones (excluding diaryl/α,β-unsaturated/α-hetero) is 1. The van der Waals surface area contributed by atoms with Gasteiger partial charge in [-0.15, -0.1) is 0 Å². The van der Waals surface area contributed by atoms with Crippen LogP contribution in [0, 0.1) is 21.0 Å². The number of carbonyl (C=O) groups is 7. The molecule has 2 aliphatic rings. The third kappa shape index (κ3) is 33.8. The van der Waals surface area contributed by atoms with Gasteiger partial charge < -0.3 is 59.7 Å². The van der Waals surface area contributed by atoms with Crippen LogP contribution in [0.5, 0.6) is 11.5 Å². The van der Waals surface area contributed by atoms with Gasteiger partial charge in [0.15, 0.2) is 11.4 Å². The molecule has 0 fully saturated rings. The van der Waals surface area contributed by atoms with Gasteiger partial charge in [0.1, 0.15) is 51.5 Å². The van der Waals surface area contributed by atoms with Crippen LogP contribution in [-0.4, -0.2) is 209 Å². The fourth-order valence-corrected chi connectivity index (χ4v) is 14.3. The number of halogens is 2. The Bertz CT molecular complexity index is 4240. The average molecular weight is 1770 g/mol. The van der Waals surface area contributed by atoms with Crippen molar-refractivity contribution in [1.29, 1.82) is 0 Å². The highest BCUT2D eigenvalue weighted by molar-refractivity contribution is 14.1. The number of carbonyl (C=O) groups excluding carboxylic acids is 7. The minimum Gasteiger partial charge on any atom is -0.778 e. The van der Waals surface area contributed by atoms with Crippen LogP contribution in [0.15, 0.2) is 133 Å². The zero-order chi connectivity index (χ0) is 79.7. The lowest BCUT2D eigenvalue weighted by atomic mass is 9.89. The molecule has 0 saturated heterocycles. The molecule has 5 N–H and O–H groups in total. The lowest BCUT2D eigenvalue weighted by molar-refractivity contribution is -0.462. The smallest absolute Gasteiger partial charge is 0.305 e. The first-order valence-corrected chi connectivity index (χ1v) is 41.4. The van der Waals surface area contributed by atoms with Gasteiger partial charge in [-0.05, 0) is 233 Å². The summed E-state index contributed by atoms with van der Waals surface area (Å²) in [5, 5.41) is 13.0. The maximum Gasteiger partial charge on any atom is 0.305 e. The van der Waals surface area contributed by atoms with Crippen molar-refractivity contribution in [2.24, 2.45) is 0 Å². The van der Waals surface area contributed by atoms with E-state index in [2.05, 4.69) is 246 Å². The molecule has 2 atom stereocenters. The minimum absolute atomic E-state index is 0. The molecule has 2 aliphatic carbocycles. The summed E-state index contributed by atoms with van der Waals surface area (Å²) < 4.78 is 78.3. The fourth-order valence-electron chi connectivity index (χ4n) is 11.3. The quantitative estimate of drug-likeness (QED) is 0.00691. The number of amides is 5. The van der Waals surface area contributed by atoms with Gasteiger partial charge in [-0.25, -0.2) is 17.6 Å². The number of hydrogen-bond donors (Lipinski definition) is 5. The maximum atomic E-state index is 13.3. The standard InChI is InChI=1S/C51H73N7O12S2.C29H33I2N2O3.CH4/c1-36-34-40(49(38-15-19-41(20-16-38)57(3)4)39-17-21-42(22-18-39)58(5)6)35-37(2)50(36)70-31-10-14-45(60)53-28-29-55-51(64)44(56-48(63)26-25-47(62)54-30-33-72(67,68)69)13-8-9-27-52-46(61)24-23-43(59)12-11-32-71(7,65)66;1-6-35-27(34)8-7-17-36-29-25(30)18-22(19-26(29)31)28(20-9-13-23(14-10-20)32(2)3)21-11-15-24(16-12-21)33(4)5;/h15-22,34-35,44H,7-14,23-33H2,1-6H3,(H6-,52,53,54,55,56,60,61,62,63,64,65,66,67,68,69);9-16,18-19H,6-8,17H2,1-5H3;1H4/q;+1;/p-1. The number of unbranched alkanes of at least 4 members (excludes halogenated alkanes) is 1. The van der Waals surface area contributed by atoms with Crippen molar-refractivity contribution in [1.82, 2.24) is 26.6 Å². The van der Waals surface area contributed by atoms with E-state index in [0.29, 0.717) is 51.9 Å². The van der Waals surface area contributed by atoms with Gasteiger partial charge in [-0.1, -0.05) is 47.4 Å². The Morgan fingerprint density at radius 1 is 0.514 bits per heavy atom. The largest absolute Gasteiger partial charge is 0.778 e. The van der Waals surface area contributed by atoms with E-state index >= 15 is 0 Å². The third-order valence-corrected chi connectivity index (χ3v) is 20.2. The summed E-state index contributed by atoms with van der Waals surface area (Å²) in [5.74, 6) is 0.721. The van der Waals surface area contributed by atoms with Crippen molar-refractivity contribution < 1.29 is 78.7 Å². The van der Waals surface area contributed by atoms with Gasteiger partial charge in [0.2, 0.25) is 29.5 Å². The van der Waals surface area contributed by atoms with Crippen LogP contribution in [0.4, 0.5) is 11.4 Å². The van der Waals surface area contributed by atoms with Gasteiger partial charge >= 0.3 is 5.97 Å². The minimum atomic E-state index is -4.54. The topological polar surface area (TPSA) is 317 Å². The van der Waals surface area contributed by atoms with Gasteiger partial charge in [-0.3, -0.25) is 37.8 Å². The van der Waals surface area contributed by atoms with E-state index in [4.69, 9.17) is 14.2 Å². The van der Waals surface area contributed by atoms with Crippen LogP contribution < -0.4 is 45.9 Å². The van der Waals surface area contributed by atoms with Crippen molar-refractivity contribution in [2.75, 3.05) is 124 Å². The SMILES string of the molecule is C.C=S(=O)([O-])CCCC(=O)CCC(=O)NCCCCC(NC(=O)CCC(=O)NCCS(=O)(=O)[O-])C(=O)NCCNC(=O)CCCOc1c(C)cc(C(=C2C=CC(=[N+](C)C)C=C2)c2ccc(N(C)C)cc2)cc1C.CCOC(=O)CCCOc1c(I)cc(C(=C2C=CC(=[N+](C)C)C=C2)c2ccc(N(C)C)cc2)cc1I. The number of benzene rings is 4. The maximum absolute atomic E-state index is 13.3. The summed E-state index contributed by atoms with van der Waals surface area (Å²) >= 11 is 4.68. The third-order valence-electron chi connectivity index (χ3n) is 17.0. The Morgan fingerprint density at radius 3 is 1.43 bits per heavy atom. The van der Waals surface area contributed by atoms with E-state index in [9.17, 15) is 55.3 Å². The fraction of sp³-hybridized carbons (Fsp3) is 0.432. The molecule has 4 aromatic rings. The lowest BCUT2D eigenvalue weighted by Crippen LogP contribution is -2.48. The summed E-state index contributed by atoms with van der Waals surface area (Å²) in [6, 6.07) is 24.7. The Balaban J connectivity index is 0.000000565. The summed E-state index contributed by atoms with van der Waals surface area (Å²) in [6.07, 6.45) is 19.1. The number of nitrogens with one attached hydrogen (secondary N) is 5. The monoisotopic (exact) mass is 1770 g/mol. The number of rotatable bonds is 40. The number of nitrogens with zero attached hydrogens (tertiary/aromatic N) is 4. The number of anilines is 2. The predicted octanol–water partition coefficient (Wildman–Crippen LogP) is 9.55. The zero-order valence-electron chi connectivity index (χ0n) is 63.9. The number of allylic oxidation sites excluding steroid dienone is 10. The molecule has 0 heterocycles. The lowest BCUT2D eigenvalue weighted by Gasteiger charge is -2.19. The van der Waals surface area contributed by atoms with E-state index < -0.39 is 56.0 Å². The molecule has 594 valence electrons. The average Bonchev–Trinajstić information content (AvgIpc) is 0.794. The first-order valence-electron chi connectivity index (χ1n) is 35.9. The van der Waals surface area contributed by atoms with Gasteiger partial charge in [0, 0.05) is 141 Å². The normalized spacial score (nSPS) is 12.9. The van der Waals surface area contributed by atoms with Crippen LogP contribution in [0.25, 0.3) is 11.1 Å². The molecule has 0 radical (unpaired) electrons. The van der Waals surface area contributed by atoms with Crippen LogP contribution in [0.3, 0.4) is 0 Å². The molecule has 0 aromatic heterocycles. The molecule has 2 unspecified atom stereocenters. The molecule has 109 heavy (non-hydrogen) atoms. The van der Waals surface area contributed by atoms with Crippen molar-refractivity contribution >= 4 is 146 Å². The van der Waals surface area contributed by atoms with E-state index in [1.807, 2.05) is 49.0 Å². The molecule has 4 aromatic carbocycles. The van der Waals surface area contributed by atoms with Crippen LogP contribution in [0.1, 0.15) is 131 Å². The second-order valence-electron chi connectivity index (χ2n) is 26.7. The second kappa shape index (κ2) is 47.0. The summed E-state index contributed by atoms with van der Waals surface area (Å²) in [5.41, 5.74) is 15.4. The molecule has 28 heteroatoms. The van der Waals surface area contributed by atoms with Gasteiger partial charge in [0.25, 0.3) is 0 Å². The summed E-state index contributed by atoms with van der Waals surface area (Å²) in [4.78, 5) is 90.9. The van der Waals surface area contributed by atoms with Crippen LogP contribution >= 0.6 is 45.2 Å². The van der Waals surface area contributed by atoms with Crippen LogP contribution in [0.2, 0.25) is 0 Å². The van der Waals surface area contributed by atoms with E-state index in [1.54, 1.807) is 0 Å². The molecule has 0 bridgehead atoms. The molecule has 6 rings (SSSR count). The zero-order valence-corrected chi connectivity index (χ0v) is 69.8. The van der Waals surface area contributed by atoms with Crippen molar-refractivity contribution in [3.63, 3.8) is 0 Å². The highest BCUT2D eigenvalue weighted by atomic mass is 127. The number of hydrogen-bond acceptors (Lipinski definition) is 17. The highest BCUT2D eigenvalue weighted by Crippen LogP contribution is 2.38. The van der Waals surface area contributed by atoms with E-state index in [-0.39, 0.29) is 108 Å². The Labute approximate surface area is 672 Å². The Kier molecular flexibility index (Phi) is 40.2. The number of ether oxygens (including phenoxy) is 3.